The number of H-pyrrole nitrogens is 1. The Kier molecular flexibility index (Phi) is 6.08. The quantitative estimate of drug-likeness (QED) is 0.277. The second kappa shape index (κ2) is 9.32. The van der Waals surface area contributed by atoms with Crippen molar-refractivity contribution in [1.82, 2.24) is 20.3 Å². The van der Waals surface area contributed by atoms with Crippen LogP contribution in [0.15, 0.2) is 60.9 Å². The third-order valence-corrected chi connectivity index (χ3v) is 6.39. The second-order valence-electron chi connectivity index (χ2n) is 8.63. The zero-order valence-corrected chi connectivity index (χ0v) is 19.1. The summed E-state index contributed by atoms with van der Waals surface area (Å²) in [6.45, 7) is 0. The van der Waals surface area contributed by atoms with E-state index in [9.17, 15) is 9.90 Å². The molecule has 2 heterocycles. The lowest BCUT2D eigenvalue weighted by atomic mass is 9.88. The largest absolute Gasteiger partial charge is 0.399 e. The number of amides is 1. The highest BCUT2D eigenvalue weighted by Crippen LogP contribution is 2.32. The van der Waals surface area contributed by atoms with Gasteiger partial charge in [-0.1, -0.05) is 29.8 Å². The Morgan fingerprint density at radius 2 is 1.85 bits per heavy atom. The van der Waals surface area contributed by atoms with Crippen molar-refractivity contribution in [3.8, 4) is 11.3 Å². The number of hydrogen-bond donors (Lipinski definition) is 5. The van der Waals surface area contributed by atoms with Crippen LogP contribution in [0.4, 0.5) is 11.6 Å². The van der Waals surface area contributed by atoms with Gasteiger partial charge in [-0.3, -0.25) is 4.79 Å². The van der Waals surface area contributed by atoms with E-state index in [2.05, 4.69) is 25.6 Å². The number of fused-ring (bicyclic) bond motifs is 1. The Morgan fingerprint density at radius 1 is 1.09 bits per heavy atom. The Morgan fingerprint density at radius 3 is 2.68 bits per heavy atom. The number of rotatable bonds is 5. The number of halogens is 1. The third-order valence-electron chi connectivity index (χ3n) is 6.11. The number of nitrogens with zero attached hydrogens (tertiary/aromatic N) is 2. The Hall–Kier alpha value is -3.62. The number of aliphatic hydroxyl groups is 1. The van der Waals surface area contributed by atoms with E-state index in [1.54, 1.807) is 30.5 Å². The first-order valence-electron chi connectivity index (χ1n) is 11.2. The van der Waals surface area contributed by atoms with Crippen LogP contribution in [0.1, 0.15) is 29.6 Å². The molecule has 1 aliphatic rings. The fourth-order valence-corrected chi connectivity index (χ4v) is 4.70. The molecule has 6 N–H and O–H groups in total. The maximum atomic E-state index is 12.6. The summed E-state index contributed by atoms with van der Waals surface area (Å²) < 4.78 is 0. The van der Waals surface area contributed by atoms with Crippen molar-refractivity contribution in [3.05, 3.63) is 71.5 Å². The van der Waals surface area contributed by atoms with Crippen LogP contribution >= 0.6 is 11.6 Å². The van der Waals surface area contributed by atoms with Gasteiger partial charge in [-0.05, 0) is 49.6 Å². The Balaban J connectivity index is 1.31. The van der Waals surface area contributed by atoms with Crippen LogP contribution in [-0.2, 0) is 0 Å². The SMILES string of the molecule is Nc1ccc(C(=O)N[C@H]2C[C@H](O)C[C@@H](Nc3ncc(Cl)c(-c4c[nH]c5ccccc45)n3)C2)cc1. The lowest BCUT2D eigenvalue weighted by molar-refractivity contribution is 0.0832. The molecule has 8 nitrogen and oxygen atoms in total. The number of nitrogens with one attached hydrogen (secondary N) is 3. The molecule has 1 aliphatic carbocycles. The zero-order chi connectivity index (χ0) is 23.7. The Labute approximate surface area is 201 Å². The monoisotopic (exact) mass is 476 g/mol. The first kappa shape index (κ1) is 22.2. The highest BCUT2D eigenvalue weighted by molar-refractivity contribution is 6.33. The molecular weight excluding hydrogens is 452 g/mol. The molecule has 34 heavy (non-hydrogen) atoms. The number of aliphatic hydroxyl groups excluding tert-OH is 1. The molecule has 1 fully saturated rings. The molecular formula is C25H25ClN6O2. The summed E-state index contributed by atoms with van der Waals surface area (Å²) in [7, 11) is 0. The first-order valence-corrected chi connectivity index (χ1v) is 11.5. The molecule has 2 aromatic carbocycles. The van der Waals surface area contributed by atoms with Gasteiger partial charge in [0.25, 0.3) is 5.91 Å². The maximum absolute atomic E-state index is 12.6. The number of aromatic amines is 1. The number of para-hydroxylation sites is 1. The molecule has 1 saturated carbocycles. The number of carbonyl (C=O) groups is 1. The van der Waals surface area contributed by atoms with Gasteiger partial charge in [-0.2, -0.15) is 0 Å². The van der Waals surface area contributed by atoms with Crippen molar-refractivity contribution < 1.29 is 9.90 Å². The molecule has 1 amide bonds. The highest BCUT2D eigenvalue weighted by Gasteiger charge is 2.29. The summed E-state index contributed by atoms with van der Waals surface area (Å²) in [5.74, 6) is 0.231. The molecule has 174 valence electrons. The fourth-order valence-electron chi connectivity index (χ4n) is 4.50. The molecule has 0 bridgehead atoms. The number of hydrogen-bond acceptors (Lipinski definition) is 6. The van der Waals surface area contributed by atoms with Crippen molar-refractivity contribution in [2.24, 2.45) is 0 Å². The molecule has 3 atom stereocenters. The average Bonchev–Trinajstić information content (AvgIpc) is 3.24. The number of carbonyl (C=O) groups excluding carboxylic acids is 1. The number of aromatic nitrogens is 3. The van der Waals surface area contributed by atoms with Crippen molar-refractivity contribution in [3.63, 3.8) is 0 Å². The second-order valence-corrected chi connectivity index (χ2v) is 9.04. The van der Waals surface area contributed by atoms with E-state index < -0.39 is 6.10 Å². The predicted molar refractivity (Wildman–Crippen MR) is 134 cm³/mol. The highest BCUT2D eigenvalue weighted by atomic mass is 35.5. The van der Waals surface area contributed by atoms with Crippen molar-refractivity contribution in [2.45, 2.75) is 37.5 Å². The van der Waals surface area contributed by atoms with Gasteiger partial charge in [0.05, 0.1) is 23.0 Å². The Bertz CT molecular complexity index is 1320. The maximum Gasteiger partial charge on any atom is 0.251 e. The first-order chi connectivity index (χ1) is 16.5. The summed E-state index contributed by atoms with van der Waals surface area (Å²) in [5, 5.41) is 18.3. The van der Waals surface area contributed by atoms with Gasteiger partial charge >= 0.3 is 0 Å². The number of anilines is 2. The minimum absolute atomic E-state index is 0.113. The molecule has 0 aliphatic heterocycles. The van der Waals surface area contributed by atoms with E-state index in [1.165, 1.54) is 0 Å². The lowest BCUT2D eigenvalue weighted by Crippen LogP contribution is -2.46. The van der Waals surface area contributed by atoms with E-state index in [1.807, 2.05) is 30.5 Å². The minimum atomic E-state index is -0.552. The summed E-state index contributed by atoms with van der Waals surface area (Å²) in [6.07, 6.45) is 4.56. The van der Waals surface area contributed by atoms with Crippen LogP contribution in [0, 0.1) is 0 Å². The standard InChI is InChI=1S/C25H25ClN6O2/c26-21-13-29-25(32-23(21)20-12-28-22-4-2-1-3-19(20)22)31-17-9-16(10-18(33)11-17)30-24(34)14-5-7-15(27)8-6-14/h1-8,12-13,16-18,28,33H,9-11,27H2,(H,30,34)(H,29,31,32)/t16-,17+,18+/m1/s1. The smallest absolute Gasteiger partial charge is 0.251 e. The van der Waals surface area contributed by atoms with E-state index in [-0.39, 0.29) is 18.0 Å². The van der Waals surface area contributed by atoms with E-state index in [0.717, 1.165) is 16.5 Å². The normalized spacial score (nSPS) is 20.2. The van der Waals surface area contributed by atoms with E-state index >= 15 is 0 Å². The number of benzene rings is 2. The van der Waals surface area contributed by atoms with Gasteiger partial charge in [0, 0.05) is 46.0 Å². The van der Waals surface area contributed by atoms with Crippen LogP contribution in [0.2, 0.25) is 5.02 Å². The summed E-state index contributed by atoms with van der Waals surface area (Å²) >= 11 is 6.44. The average molecular weight is 477 g/mol. The third kappa shape index (κ3) is 4.69. The van der Waals surface area contributed by atoms with Crippen LogP contribution in [0.5, 0.6) is 0 Å². The van der Waals surface area contributed by atoms with Crippen LogP contribution in [0.3, 0.4) is 0 Å². The number of nitrogen functional groups attached to an aromatic ring is 1. The molecule has 9 heteroatoms. The van der Waals surface area contributed by atoms with E-state index in [0.29, 0.717) is 47.2 Å². The van der Waals surface area contributed by atoms with Gasteiger partial charge in [0.15, 0.2) is 0 Å². The molecule has 4 aromatic rings. The van der Waals surface area contributed by atoms with Gasteiger partial charge < -0.3 is 26.5 Å². The summed E-state index contributed by atoms with van der Waals surface area (Å²) in [4.78, 5) is 24.9. The molecule has 5 rings (SSSR count). The topological polar surface area (TPSA) is 129 Å². The van der Waals surface area contributed by atoms with Crippen molar-refractivity contribution in [1.29, 1.82) is 0 Å². The van der Waals surface area contributed by atoms with Gasteiger partial charge in [0.2, 0.25) is 5.95 Å². The summed E-state index contributed by atoms with van der Waals surface area (Å²) in [5.41, 5.74) is 9.35. The van der Waals surface area contributed by atoms with Crippen LogP contribution < -0.4 is 16.4 Å². The molecule has 0 radical (unpaired) electrons. The number of nitrogens with two attached hydrogens (primary N) is 1. The zero-order valence-electron chi connectivity index (χ0n) is 18.3. The van der Waals surface area contributed by atoms with Crippen LogP contribution in [0.25, 0.3) is 22.2 Å². The van der Waals surface area contributed by atoms with Crippen LogP contribution in [-0.4, -0.2) is 44.2 Å². The molecule has 0 saturated heterocycles. The fraction of sp³-hybridized carbons (Fsp3) is 0.240. The van der Waals surface area contributed by atoms with Crippen molar-refractivity contribution in [2.75, 3.05) is 11.1 Å². The predicted octanol–water partition coefficient (Wildman–Crippen LogP) is 3.98. The van der Waals surface area contributed by atoms with Crippen molar-refractivity contribution >= 4 is 40.0 Å². The van der Waals surface area contributed by atoms with Gasteiger partial charge in [0.1, 0.15) is 0 Å². The molecule has 0 spiro atoms. The summed E-state index contributed by atoms with van der Waals surface area (Å²) in [6, 6.07) is 14.4. The molecule has 0 unspecified atom stereocenters. The lowest BCUT2D eigenvalue weighted by Gasteiger charge is -2.33. The van der Waals surface area contributed by atoms with Gasteiger partial charge in [-0.25, -0.2) is 9.97 Å². The van der Waals surface area contributed by atoms with Gasteiger partial charge in [-0.15, -0.1) is 0 Å². The molecule has 2 aromatic heterocycles. The van der Waals surface area contributed by atoms with E-state index in [4.69, 9.17) is 17.3 Å². The minimum Gasteiger partial charge on any atom is -0.399 e.